The first kappa shape index (κ1) is 12.4. The van der Waals surface area contributed by atoms with Gasteiger partial charge in [-0.3, -0.25) is 0 Å². The molecule has 0 spiro atoms. The number of aromatic nitrogens is 4. The summed E-state index contributed by atoms with van der Waals surface area (Å²) in [6.45, 7) is 0.855. The summed E-state index contributed by atoms with van der Waals surface area (Å²) in [4.78, 5) is 0. The van der Waals surface area contributed by atoms with E-state index in [1.807, 2.05) is 0 Å². The Labute approximate surface area is 114 Å². The topological polar surface area (TPSA) is 73.1 Å². The molecule has 0 saturated carbocycles. The van der Waals surface area contributed by atoms with Gasteiger partial charge in [0, 0.05) is 12.4 Å². The Morgan fingerprint density at radius 3 is 2.95 bits per heavy atom. The van der Waals surface area contributed by atoms with E-state index in [2.05, 4.69) is 15.5 Å². The van der Waals surface area contributed by atoms with Gasteiger partial charge in [0.15, 0.2) is 0 Å². The van der Waals surface area contributed by atoms with Gasteiger partial charge in [-0.1, -0.05) is 11.8 Å². The predicted molar refractivity (Wildman–Crippen MR) is 70.5 cm³/mol. The zero-order valence-corrected chi connectivity index (χ0v) is 11.1. The zero-order valence-electron chi connectivity index (χ0n) is 10.3. The number of benzene rings is 1. The Kier molecular flexibility index (Phi) is 3.65. The summed E-state index contributed by atoms with van der Waals surface area (Å²) in [6.07, 6.45) is 2.54. The third-order valence-corrected chi connectivity index (χ3v) is 4.01. The number of ether oxygens (including phenoxy) is 1. The summed E-state index contributed by atoms with van der Waals surface area (Å²) in [7, 11) is 0. The molecule has 19 heavy (non-hydrogen) atoms. The molecule has 3 rings (SSSR count). The van der Waals surface area contributed by atoms with Crippen LogP contribution in [0.1, 0.15) is 12.8 Å². The molecule has 2 aromatic rings. The molecule has 1 N–H and O–H groups in total. The molecule has 1 aliphatic rings. The monoisotopic (exact) mass is 278 g/mol. The number of aromatic hydroxyl groups is 1. The Morgan fingerprint density at radius 2 is 2.21 bits per heavy atom. The second kappa shape index (κ2) is 5.58. The molecule has 0 radical (unpaired) electrons. The van der Waals surface area contributed by atoms with E-state index in [-0.39, 0.29) is 5.75 Å². The zero-order chi connectivity index (χ0) is 13.1. The molecule has 100 valence electrons. The number of phenols is 1. The van der Waals surface area contributed by atoms with Crippen molar-refractivity contribution in [1.29, 1.82) is 0 Å². The molecular formula is C12H14N4O2S. The Balaban J connectivity index is 1.72. The van der Waals surface area contributed by atoms with Crippen LogP contribution < -0.4 is 0 Å². The maximum absolute atomic E-state index is 9.29. The maximum atomic E-state index is 9.29. The van der Waals surface area contributed by atoms with Gasteiger partial charge in [-0.2, -0.15) is 4.68 Å². The average molecular weight is 278 g/mol. The number of thioether (sulfide) groups is 1. The van der Waals surface area contributed by atoms with E-state index < -0.39 is 0 Å². The first-order valence-corrected chi connectivity index (χ1v) is 7.14. The van der Waals surface area contributed by atoms with Crippen molar-refractivity contribution in [3.8, 4) is 11.4 Å². The lowest BCUT2D eigenvalue weighted by Gasteiger charge is -2.08. The summed E-state index contributed by atoms with van der Waals surface area (Å²) < 4.78 is 7.25. The highest BCUT2D eigenvalue weighted by molar-refractivity contribution is 7.99. The average Bonchev–Trinajstić information content (AvgIpc) is 3.08. The summed E-state index contributed by atoms with van der Waals surface area (Å²) in [5, 5.41) is 21.7. The van der Waals surface area contributed by atoms with E-state index in [4.69, 9.17) is 4.74 Å². The normalized spacial score (nSPS) is 18.8. The third kappa shape index (κ3) is 2.87. The molecule has 0 bridgehead atoms. The van der Waals surface area contributed by atoms with Crippen molar-refractivity contribution in [3.05, 3.63) is 24.3 Å². The number of hydrogen-bond donors (Lipinski definition) is 1. The van der Waals surface area contributed by atoms with E-state index in [1.54, 1.807) is 40.7 Å². The van der Waals surface area contributed by atoms with E-state index in [0.29, 0.717) is 6.10 Å². The first-order chi connectivity index (χ1) is 9.33. The highest BCUT2D eigenvalue weighted by Crippen LogP contribution is 2.24. The Bertz CT molecular complexity index is 537. The van der Waals surface area contributed by atoms with Gasteiger partial charge in [0.1, 0.15) is 5.75 Å². The highest BCUT2D eigenvalue weighted by Gasteiger charge is 2.18. The lowest BCUT2D eigenvalue weighted by atomic mass is 10.3. The molecule has 1 fully saturated rings. The molecule has 1 aromatic carbocycles. The number of tetrazole rings is 1. The summed E-state index contributed by atoms with van der Waals surface area (Å²) in [6, 6.07) is 6.79. The lowest BCUT2D eigenvalue weighted by molar-refractivity contribution is 0.129. The van der Waals surface area contributed by atoms with Crippen molar-refractivity contribution < 1.29 is 9.84 Å². The minimum Gasteiger partial charge on any atom is -0.508 e. The maximum Gasteiger partial charge on any atom is 0.214 e. The van der Waals surface area contributed by atoms with Crippen LogP contribution in [0, 0.1) is 0 Å². The van der Waals surface area contributed by atoms with Crippen LogP contribution in [0.4, 0.5) is 0 Å². The highest BCUT2D eigenvalue weighted by atomic mass is 32.2. The first-order valence-electron chi connectivity index (χ1n) is 6.15. The van der Waals surface area contributed by atoms with Gasteiger partial charge in [0.25, 0.3) is 0 Å². The molecule has 1 saturated heterocycles. The van der Waals surface area contributed by atoms with Crippen molar-refractivity contribution >= 4 is 11.8 Å². The Morgan fingerprint density at radius 1 is 1.37 bits per heavy atom. The molecule has 0 amide bonds. The van der Waals surface area contributed by atoms with Crippen LogP contribution in [0.3, 0.4) is 0 Å². The van der Waals surface area contributed by atoms with Crippen LogP contribution in [0.15, 0.2) is 29.4 Å². The number of rotatable bonds is 4. The largest absolute Gasteiger partial charge is 0.508 e. The van der Waals surface area contributed by atoms with Gasteiger partial charge in [-0.25, -0.2) is 0 Å². The van der Waals surface area contributed by atoms with E-state index in [9.17, 15) is 5.11 Å². The summed E-state index contributed by atoms with van der Waals surface area (Å²) >= 11 is 1.59. The lowest BCUT2D eigenvalue weighted by Crippen LogP contribution is -2.09. The minimum absolute atomic E-state index is 0.227. The van der Waals surface area contributed by atoms with Crippen molar-refractivity contribution in [3.63, 3.8) is 0 Å². The Hall–Kier alpha value is -1.60. The van der Waals surface area contributed by atoms with Crippen LogP contribution >= 0.6 is 11.8 Å². The van der Waals surface area contributed by atoms with Crippen molar-refractivity contribution in [2.45, 2.75) is 24.1 Å². The smallest absolute Gasteiger partial charge is 0.214 e. The molecular weight excluding hydrogens is 264 g/mol. The van der Waals surface area contributed by atoms with Crippen LogP contribution in [0.25, 0.3) is 5.69 Å². The SMILES string of the molecule is Oc1ccc(-n2nnnc2SCC2CCCO2)cc1. The molecule has 2 heterocycles. The number of phenolic OH excluding ortho intramolecular Hbond substituents is 1. The molecule has 1 aliphatic heterocycles. The van der Waals surface area contributed by atoms with Crippen LogP contribution in [-0.4, -0.2) is 43.8 Å². The van der Waals surface area contributed by atoms with E-state index in [1.165, 1.54) is 0 Å². The molecule has 0 aliphatic carbocycles. The predicted octanol–water partition coefficient (Wildman–Crippen LogP) is 1.64. The third-order valence-electron chi connectivity index (χ3n) is 2.96. The van der Waals surface area contributed by atoms with Gasteiger partial charge >= 0.3 is 0 Å². The van der Waals surface area contributed by atoms with Gasteiger partial charge < -0.3 is 9.84 Å². The molecule has 7 heteroatoms. The molecule has 6 nitrogen and oxygen atoms in total. The fraction of sp³-hybridized carbons (Fsp3) is 0.417. The van der Waals surface area contributed by atoms with Gasteiger partial charge in [0.2, 0.25) is 5.16 Å². The number of hydrogen-bond acceptors (Lipinski definition) is 6. The molecule has 1 aromatic heterocycles. The van der Waals surface area contributed by atoms with Gasteiger partial charge in [-0.15, -0.1) is 5.10 Å². The quantitative estimate of drug-likeness (QED) is 0.857. The molecule has 1 atom stereocenters. The summed E-state index contributed by atoms with van der Waals surface area (Å²) in [5.74, 6) is 1.09. The van der Waals surface area contributed by atoms with Crippen molar-refractivity contribution in [2.75, 3.05) is 12.4 Å². The summed E-state index contributed by atoms with van der Waals surface area (Å²) in [5.41, 5.74) is 0.831. The van der Waals surface area contributed by atoms with Crippen molar-refractivity contribution in [2.24, 2.45) is 0 Å². The van der Waals surface area contributed by atoms with Gasteiger partial charge in [0.05, 0.1) is 11.8 Å². The van der Waals surface area contributed by atoms with E-state index >= 15 is 0 Å². The number of nitrogens with zero attached hydrogens (tertiary/aromatic N) is 4. The van der Waals surface area contributed by atoms with Crippen LogP contribution in [-0.2, 0) is 4.74 Å². The second-order valence-electron chi connectivity index (χ2n) is 4.34. The molecule has 1 unspecified atom stereocenters. The fourth-order valence-corrected chi connectivity index (χ4v) is 2.92. The minimum atomic E-state index is 0.227. The van der Waals surface area contributed by atoms with E-state index in [0.717, 1.165) is 36.0 Å². The van der Waals surface area contributed by atoms with Crippen LogP contribution in [0.5, 0.6) is 5.75 Å². The van der Waals surface area contributed by atoms with Crippen LogP contribution in [0.2, 0.25) is 0 Å². The standard InChI is InChI=1S/C12H14N4O2S/c17-10-5-3-9(4-6-10)16-12(13-14-15-16)19-8-11-2-1-7-18-11/h3-6,11,17H,1-2,7-8H2. The van der Waals surface area contributed by atoms with Gasteiger partial charge in [-0.05, 0) is 47.5 Å². The fourth-order valence-electron chi connectivity index (χ4n) is 1.97. The van der Waals surface area contributed by atoms with Crippen molar-refractivity contribution in [1.82, 2.24) is 20.2 Å². The second-order valence-corrected chi connectivity index (χ2v) is 5.32.